The lowest BCUT2D eigenvalue weighted by molar-refractivity contribution is 0.0586. The van der Waals surface area contributed by atoms with Gasteiger partial charge in [0.05, 0.1) is 13.2 Å². The van der Waals surface area contributed by atoms with Gasteiger partial charge in [-0.15, -0.1) is 0 Å². The average Bonchev–Trinajstić information content (AvgIpc) is 2.44. The van der Waals surface area contributed by atoms with Crippen molar-refractivity contribution in [1.82, 2.24) is 5.32 Å². The van der Waals surface area contributed by atoms with Gasteiger partial charge in [0.2, 0.25) is 0 Å². The monoisotopic (exact) mass is 281 g/mol. The quantitative estimate of drug-likeness (QED) is 0.769. The second-order valence-corrected chi connectivity index (χ2v) is 5.15. The van der Waals surface area contributed by atoms with Crippen LogP contribution in [0.2, 0.25) is 0 Å². The van der Waals surface area contributed by atoms with Crippen molar-refractivity contribution in [3.8, 4) is 11.5 Å². The van der Waals surface area contributed by atoms with E-state index in [0.29, 0.717) is 11.5 Å². The first-order valence-corrected chi connectivity index (χ1v) is 7.25. The molecule has 3 atom stereocenters. The highest BCUT2D eigenvalue weighted by molar-refractivity contribution is 5.44. The molecule has 3 unspecified atom stereocenters. The molecule has 4 nitrogen and oxygen atoms in total. The maximum Gasteiger partial charge on any atom is 0.161 e. The van der Waals surface area contributed by atoms with Gasteiger partial charge in [0.25, 0.3) is 0 Å². The van der Waals surface area contributed by atoms with Crippen molar-refractivity contribution >= 4 is 0 Å². The molecular formula is C16H27NO3. The zero-order chi connectivity index (χ0) is 15.1. The highest BCUT2D eigenvalue weighted by Gasteiger charge is 2.15. The van der Waals surface area contributed by atoms with Crippen molar-refractivity contribution in [2.24, 2.45) is 0 Å². The van der Waals surface area contributed by atoms with Gasteiger partial charge in [0.15, 0.2) is 11.5 Å². The summed E-state index contributed by atoms with van der Waals surface area (Å²) < 4.78 is 11.1. The Bertz CT molecular complexity index is 407. The third-order valence-electron chi connectivity index (χ3n) is 3.38. The summed E-state index contributed by atoms with van der Waals surface area (Å²) >= 11 is 0. The molecule has 1 aromatic carbocycles. The molecule has 0 bridgehead atoms. The van der Waals surface area contributed by atoms with Crippen molar-refractivity contribution in [1.29, 1.82) is 0 Å². The molecule has 0 aromatic heterocycles. The first kappa shape index (κ1) is 16.8. The van der Waals surface area contributed by atoms with E-state index < -0.39 is 6.10 Å². The van der Waals surface area contributed by atoms with E-state index in [0.717, 1.165) is 18.5 Å². The van der Waals surface area contributed by atoms with Crippen LogP contribution in [0.15, 0.2) is 18.2 Å². The van der Waals surface area contributed by atoms with E-state index in [1.807, 2.05) is 25.1 Å². The van der Waals surface area contributed by atoms with Gasteiger partial charge in [0.1, 0.15) is 6.10 Å². The smallest absolute Gasteiger partial charge is 0.161 e. The van der Waals surface area contributed by atoms with E-state index in [-0.39, 0.29) is 12.1 Å². The Balaban J connectivity index is 2.84. The Morgan fingerprint density at radius 1 is 1.20 bits per heavy atom. The Morgan fingerprint density at radius 3 is 2.45 bits per heavy atom. The molecule has 114 valence electrons. The van der Waals surface area contributed by atoms with Gasteiger partial charge in [-0.3, -0.25) is 0 Å². The maximum atomic E-state index is 9.51. The number of benzene rings is 1. The fraction of sp³-hybridized carbons (Fsp3) is 0.625. The summed E-state index contributed by atoms with van der Waals surface area (Å²) in [7, 11) is 1.63. The number of ether oxygens (including phenoxy) is 2. The van der Waals surface area contributed by atoms with E-state index in [1.165, 1.54) is 0 Å². The fourth-order valence-corrected chi connectivity index (χ4v) is 1.83. The van der Waals surface area contributed by atoms with Crippen LogP contribution >= 0.6 is 0 Å². The largest absolute Gasteiger partial charge is 0.493 e. The molecule has 1 rings (SSSR count). The molecule has 0 spiro atoms. The predicted octanol–water partition coefficient (Wildman–Crippen LogP) is 2.90. The van der Waals surface area contributed by atoms with Gasteiger partial charge in [0, 0.05) is 6.04 Å². The minimum Gasteiger partial charge on any atom is -0.493 e. The minimum atomic E-state index is -0.524. The van der Waals surface area contributed by atoms with Crippen molar-refractivity contribution in [3.05, 3.63) is 23.8 Å². The Hall–Kier alpha value is -1.26. The lowest BCUT2D eigenvalue weighted by Gasteiger charge is -2.21. The molecule has 0 amide bonds. The molecule has 2 N–H and O–H groups in total. The number of aliphatic hydroxyl groups excluding tert-OH is 1. The number of rotatable bonds is 8. The summed E-state index contributed by atoms with van der Waals surface area (Å²) in [4.78, 5) is 0. The van der Waals surface area contributed by atoms with Crippen molar-refractivity contribution in [3.63, 3.8) is 0 Å². The van der Waals surface area contributed by atoms with Crippen LogP contribution in [0.1, 0.15) is 45.7 Å². The molecule has 0 radical (unpaired) electrons. The molecule has 1 aromatic rings. The predicted molar refractivity (Wildman–Crippen MR) is 81.5 cm³/mol. The van der Waals surface area contributed by atoms with Gasteiger partial charge in [-0.1, -0.05) is 13.0 Å². The zero-order valence-electron chi connectivity index (χ0n) is 13.1. The number of hydrogen-bond acceptors (Lipinski definition) is 4. The Kier molecular flexibility index (Phi) is 6.82. The van der Waals surface area contributed by atoms with Crippen LogP contribution in [0.5, 0.6) is 11.5 Å². The van der Waals surface area contributed by atoms with E-state index in [2.05, 4.69) is 19.2 Å². The van der Waals surface area contributed by atoms with Crippen LogP contribution in [-0.2, 0) is 0 Å². The van der Waals surface area contributed by atoms with E-state index in [4.69, 9.17) is 9.47 Å². The molecule has 0 saturated carbocycles. The topological polar surface area (TPSA) is 50.7 Å². The molecule has 0 aliphatic rings. The molecule has 0 aliphatic carbocycles. The van der Waals surface area contributed by atoms with Gasteiger partial charge in [-0.05, 0) is 51.4 Å². The molecular weight excluding hydrogens is 254 g/mol. The van der Waals surface area contributed by atoms with Crippen LogP contribution in [0, 0.1) is 0 Å². The van der Waals surface area contributed by atoms with Gasteiger partial charge in [-0.25, -0.2) is 0 Å². The van der Waals surface area contributed by atoms with Crippen molar-refractivity contribution < 1.29 is 14.6 Å². The minimum absolute atomic E-state index is 0.270. The van der Waals surface area contributed by atoms with Crippen LogP contribution in [0.4, 0.5) is 0 Å². The summed E-state index contributed by atoms with van der Waals surface area (Å²) in [6.07, 6.45) is 0.309. The van der Waals surface area contributed by atoms with Crippen LogP contribution < -0.4 is 14.8 Å². The van der Waals surface area contributed by atoms with Gasteiger partial charge < -0.3 is 19.9 Å². The lowest BCUT2D eigenvalue weighted by Crippen LogP contribution is -2.25. The normalized spacial score (nSPS) is 15.5. The SMILES string of the molecule is CCCNC(C)c1ccc(OC(C)C(C)O)c(OC)c1. The number of aliphatic hydroxyl groups is 1. The van der Waals surface area contributed by atoms with Crippen LogP contribution in [-0.4, -0.2) is 31.0 Å². The lowest BCUT2D eigenvalue weighted by atomic mass is 10.1. The summed E-state index contributed by atoms with van der Waals surface area (Å²) in [6.45, 7) is 8.81. The van der Waals surface area contributed by atoms with Crippen LogP contribution in [0.3, 0.4) is 0 Å². The Morgan fingerprint density at radius 2 is 1.90 bits per heavy atom. The van der Waals surface area contributed by atoms with E-state index >= 15 is 0 Å². The summed E-state index contributed by atoms with van der Waals surface area (Å²) in [5.41, 5.74) is 1.16. The molecule has 20 heavy (non-hydrogen) atoms. The van der Waals surface area contributed by atoms with Crippen LogP contribution in [0.25, 0.3) is 0 Å². The van der Waals surface area contributed by atoms with E-state index in [1.54, 1.807) is 14.0 Å². The molecule has 0 heterocycles. The van der Waals surface area contributed by atoms with Crippen molar-refractivity contribution in [2.45, 2.75) is 52.4 Å². The summed E-state index contributed by atoms with van der Waals surface area (Å²) in [6, 6.07) is 6.18. The third-order valence-corrected chi connectivity index (χ3v) is 3.38. The second kappa shape index (κ2) is 8.12. The highest BCUT2D eigenvalue weighted by Crippen LogP contribution is 2.31. The molecule has 0 saturated heterocycles. The highest BCUT2D eigenvalue weighted by atomic mass is 16.5. The summed E-state index contributed by atoms with van der Waals surface area (Å²) in [5, 5.41) is 13.0. The van der Waals surface area contributed by atoms with Gasteiger partial charge in [-0.2, -0.15) is 0 Å². The molecule has 0 aliphatic heterocycles. The first-order valence-electron chi connectivity index (χ1n) is 7.25. The Labute approximate surface area is 122 Å². The molecule has 0 fully saturated rings. The standard InChI is InChI=1S/C16H27NO3/c1-6-9-17-11(2)14-7-8-15(16(10-14)19-5)20-13(4)12(3)18/h7-8,10-13,17-18H,6,9H2,1-5H3. The van der Waals surface area contributed by atoms with E-state index in [9.17, 15) is 5.11 Å². The second-order valence-electron chi connectivity index (χ2n) is 5.15. The fourth-order valence-electron chi connectivity index (χ4n) is 1.83. The van der Waals surface area contributed by atoms with Gasteiger partial charge >= 0.3 is 0 Å². The number of nitrogens with one attached hydrogen (secondary N) is 1. The van der Waals surface area contributed by atoms with Crippen molar-refractivity contribution in [2.75, 3.05) is 13.7 Å². The average molecular weight is 281 g/mol. The zero-order valence-corrected chi connectivity index (χ0v) is 13.1. The summed E-state index contributed by atoms with van der Waals surface area (Å²) in [5.74, 6) is 1.35. The molecule has 4 heteroatoms. The maximum absolute atomic E-state index is 9.51. The number of methoxy groups -OCH3 is 1. The number of hydrogen-bond donors (Lipinski definition) is 2. The first-order chi connectivity index (χ1) is 9.49. The third kappa shape index (κ3) is 4.69.